The molecule has 5 nitrogen and oxygen atoms in total. The number of carboxylic acid groups (broad SMARTS) is 1. The molecule has 2 rings (SSSR count). The van der Waals surface area contributed by atoms with Crippen LogP contribution in [0.4, 0.5) is 13.2 Å². The Morgan fingerprint density at radius 2 is 1.76 bits per heavy atom. The number of aliphatic hydroxyl groups is 1. The summed E-state index contributed by atoms with van der Waals surface area (Å²) in [5.41, 5.74) is -0.946. The topological polar surface area (TPSA) is 77.8 Å². The summed E-state index contributed by atoms with van der Waals surface area (Å²) in [6.07, 6.45) is -5.55. The molecule has 1 aromatic rings. The maximum absolute atomic E-state index is 12.4. The van der Waals surface area contributed by atoms with Gasteiger partial charge in [-0.3, -0.25) is 4.79 Å². The van der Waals surface area contributed by atoms with E-state index in [1.165, 1.54) is 0 Å². The van der Waals surface area contributed by atoms with Gasteiger partial charge in [-0.15, -0.1) is 0 Å². The first-order valence-corrected chi connectivity index (χ1v) is 6.09. The smallest absolute Gasteiger partial charge is 0.416 e. The van der Waals surface area contributed by atoms with Crippen molar-refractivity contribution in [2.24, 2.45) is 0 Å². The molecule has 0 aromatic heterocycles. The molecular weight excluding hydrogens is 291 g/mol. The first-order chi connectivity index (χ1) is 9.70. The minimum absolute atomic E-state index is 0.0525. The van der Waals surface area contributed by atoms with Crippen molar-refractivity contribution in [1.82, 2.24) is 4.90 Å². The molecule has 114 valence electrons. The first-order valence-electron chi connectivity index (χ1n) is 6.09. The van der Waals surface area contributed by atoms with E-state index < -0.39 is 35.8 Å². The van der Waals surface area contributed by atoms with E-state index in [2.05, 4.69) is 0 Å². The zero-order valence-corrected chi connectivity index (χ0v) is 10.7. The van der Waals surface area contributed by atoms with Crippen molar-refractivity contribution >= 4 is 11.9 Å². The molecule has 1 aliphatic heterocycles. The van der Waals surface area contributed by atoms with Crippen molar-refractivity contribution in [3.63, 3.8) is 0 Å². The van der Waals surface area contributed by atoms with Gasteiger partial charge in [0.25, 0.3) is 5.91 Å². The number of nitrogens with zero attached hydrogens (tertiary/aromatic N) is 1. The van der Waals surface area contributed by atoms with Gasteiger partial charge < -0.3 is 15.1 Å². The van der Waals surface area contributed by atoms with Crippen LogP contribution in [0.5, 0.6) is 0 Å². The maximum Gasteiger partial charge on any atom is 0.416 e. The number of hydrogen-bond acceptors (Lipinski definition) is 3. The van der Waals surface area contributed by atoms with Crippen molar-refractivity contribution in [3.05, 3.63) is 35.4 Å². The van der Waals surface area contributed by atoms with Gasteiger partial charge in [0.1, 0.15) is 6.04 Å². The largest absolute Gasteiger partial charge is 0.480 e. The number of carbonyl (C=O) groups excluding carboxylic acids is 1. The van der Waals surface area contributed by atoms with Crippen LogP contribution in [-0.4, -0.2) is 45.7 Å². The Morgan fingerprint density at radius 1 is 1.19 bits per heavy atom. The molecule has 1 heterocycles. The molecule has 0 spiro atoms. The van der Waals surface area contributed by atoms with E-state index in [0.29, 0.717) is 0 Å². The Labute approximate surface area is 117 Å². The molecule has 0 saturated carbocycles. The highest BCUT2D eigenvalue weighted by atomic mass is 19.4. The number of benzene rings is 1. The highest BCUT2D eigenvalue weighted by molar-refractivity contribution is 5.97. The van der Waals surface area contributed by atoms with E-state index in [-0.39, 0.29) is 18.5 Å². The summed E-state index contributed by atoms with van der Waals surface area (Å²) in [5.74, 6) is -1.97. The van der Waals surface area contributed by atoms with Gasteiger partial charge in [0.05, 0.1) is 11.7 Å². The fourth-order valence-corrected chi connectivity index (χ4v) is 2.24. The van der Waals surface area contributed by atoms with E-state index in [4.69, 9.17) is 5.11 Å². The monoisotopic (exact) mass is 303 g/mol. The first kappa shape index (κ1) is 15.3. The van der Waals surface area contributed by atoms with Crippen LogP contribution in [0.2, 0.25) is 0 Å². The number of rotatable bonds is 2. The Hall–Kier alpha value is -2.09. The maximum atomic E-state index is 12.4. The van der Waals surface area contributed by atoms with E-state index in [9.17, 15) is 27.9 Å². The lowest BCUT2D eigenvalue weighted by atomic mass is 10.1. The van der Waals surface area contributed by atoms with Gasteiger partial charge in [0, 0.05) is 18.5 Å². The number of β-amino-alcohol motifs (C(OH)–C–C–N with tert-alkyl or cyclic N) is 1. The number of carbonyl (C=O) groups is 2. The summed E-state index contributed by atoms with van der Waals surface area (Å²) in [6, 6.07) is 2.34. The van der Waals surface area contributed by atoms with Gasteiger partial charge in [-0.1, -0.05) is 0 Å². The van der Waals surface area contributed by atoms with E-state index in [1.807, 2.05) is 0 Å². The lowest BCUT2D eigenvalue weighted by Gasteiger charge is -2.21. The zero-order chi connectivity index (χ0) is 15.8. The Bertz CT molecular complexity index is 556. The summed E-state index contributed by atoms with van der Waals surface area (Å²) >= 11 is 0. The normalized spacial score (nSPS) is 22.4. The molecule has 1 fully saturated rings. The van der Waals surface area contributed by atoms with Crippen LogP contribution < -0.4 is 0 Å². The van der Waals surface area contributed by atoms with E-state index in [0.717, 1.165) is 29.2 Å². The van der Waals surface area contributed by atoms with E-state index >= 15 is 0 Å². The molecule has 2 atom stereocenters. The Kier molecular flexibility index (Phi) is 3.91. The molecule has 1 aliphatic rings. The minimum Gasteiger partial charge on any atom is -0.480 e. The Balaban J connectivity index is 2.22. The minimum atomic E-state index is -4.50. The fourth-order valence-electron chi connectivity index (χ4n) is 2.24. The SMILES string of the molecule is O=C(O)[C@@H]1C[C@@H](O)CN1C(=O)c1ccc(C(F)(F)F)cc1. The number of carboxylic acids is 1. The van der Waals surface area contributed by atoms with Crippen LogP contribution in [-0.2, 0) is 11.0 Å². The van der Waals surface area contributed by atoms with Crippen LogP contribution >= 0.6 is 0 Å². The quantitative estimate of drug-likeness (QED) is 0.865. The van der Waals surface area contributed by atoms with Gasteiger partial charge in [0.15, 0.2) is 0 Å². The van der Waals surface area contributed by atoms with Crippen LogP contribution in [0.3, 0.4) is 0 Å². The second kappa shape index (κ2) is 5.36. The summed E-state index contributed by atoms with van der Waals surface area (Å²) < 4.78 is 37.3. The third-order valence-corrected chi connectivity index (χ3v) is 3.28. The molecule has 0 aliphatic carbocycles. The molecule has 1 amide bonds. The third kappa shape index (κ3) is 3.15. The van der Waals surface area contributed by atoms with Crippen LogP contribution in [0.1, 0.15) is 22.3 Å². The molecule has 2 N–H and O–H groups in total. The van der Waals surface area contributed by atoms with Gasteiger partial charge >= 0.3 is 12.1 Å². The average Bonchev–Trinajstić information content (AvgIpc) is 2.79. The number of halogens is 3. The predicted molar refractivity (Wildman–Crippen MR) is 64.5 cm³/mol. The molecule has 1 saturated heterocycles. The number of amides is 1. The lowest BCUT2D eigenvalue weighted by Crippen LogP contribution is -2.40. The zero-order valence-electron chi connectivity index (χ0n) is 10.7. The lowest BCUT2D eigenvalue weighted by molar-refractivity contribution is -0.141. The fraction of sp³-hybridized carbons (Fsp3) is 0.385. The molecule has 0 radical (unpaired) electrons. The Morgan fingerprint density at radius 3 is 2.24 bits per heavy atom. The van der Waals surface area contributed by atoms with Gasteiger partial charge in [-0.2, -0.15) is 13.2 Å². The van der Waals surface area contributed by atoms with Crippen molar-refractivity contribution in [2.75, 3.05) is 6.54 Å². The number of aliphatic hydroxyl groups excluding tert-OH is 1. The van der Waals surface area contributed by atoms with Gasteiger partial charge in [-0.25, -0.2) is 4.79 Å². The van der Waals surface area contributed by atoms with Crippen LogP contribution in [0.15, 0.2) is 24.3 Å². The second-order valence-corrected chi connectivity index (χ2v) is 4.78. The predicted octanol–water partition coefficient (Wildman–Crippen LogP) is 1.37. The van der Waals surface area contributed by atoms with Crippen molar-refractivity contribution in [1.29, 1.82) is 0 Å². The molecule has 21 heavy (non-hydrogen) atoms. The highest BCUT2D eigenvalue weighted by Crippen LogP contribution is 2.29. The summed E-state index contributed by atoms with van der Waals surface area (Å²) in [7, 11) is 0. The summed E-state index contributed by atoms with van der Waals surface area (Å²) in [6.45, 7) is -0.156. The number of likely N-dealkylation sites (tertiary alicyclic amines) is 1. The van der Waals surface area contributed by atoms with Crippen LogP contribution in [0.25, 0.3) is 0 Å². The van der Waals surface area contributed by atoms with Crippen molar-refractivity contribution in [2.45, 2.75) is 24.7 Å². The standard InChI is InChI=1S/C13H12F3NO4/c14-13(15,16)8-3-1-7(2-4-8)11(19)17-6-9(18)5-10(17)12(20)21/h1-4,9-10,18H,5-6H2,(H,20,21)/t9-,10+/m1/s1. The third-order valence-electron chi connectivity index (χ3n) is 3.28. The summed E-state index contributed by atoms with van der Waals surface area (Å²) in [5, 5.41) is 18.5. The number of aliphatic carboxylic acids is 1. The number of hydrogen-bond donors (Lipinski definition) is 2. The van der Waals surface area contributed by atoms with E-state index in [1.54, 1.807) is 0 Å². The molecule has 0 unspecified atom stereocenters. The van der Waals surface area contributed by atoms with Crippen LogP contribution in [0, 0.1) is 0 Å². The molecular formula is C13H12F3NO4. The van der Waals surface area contributed by atoms with Crippen molar-refractivity contribution < 1.29 is 33.0 Å². The van der Waals surface area contributed by atoms with Gasteiger partial charge in [0.2, 0.25) is 0 Å². The number of alkyl halides is 3. The summed E-state index contributed by atoms with van der Waals surface area (Å²) in [4.78, 5) is 24.1. The molecule has 1 aromatic carbocycles. The second-order valence-electron chi connectivity index (χ2n) is 4.78. The molecule has 8 heteroatoms. The highest BCUT2D eigenvalue weighted by Gasteiger charge is 2.39. The molecule has 0 bridgehead atoms. The average molecular weight is 303 g/mol. The van der Waals surface area contributed by atoms with Gasteiger partial charge in [-0.05, 0) is 24.3 Å². The van der Waals surface area contributed by atoms with Crippen molar-refractivity contribution in [3.8, 4) is 0 Å².